The maximum absolute atomic E-state index is 12.0. The molecule has 0 aromatic carbocycles. The first kappa shape index (κ1) is 17.1. The molecule has 118 valence electrons. The molecule has 0 aliphatic rings. The minimum atomic E-state index is -0.548. The highest BCUT2D eigenvalue weighted by Gasteiger charge is 2.18. The minimum Gasteiger partial charge on any atom is -0.451 e. The van der Waals surface area contributed by atoms with Crippen molar-refractivity contribution >= 4 is 17.6 Å². The molecule has 0 fully saturated rings. The van der Waals surface area contributed by atoms with Crippen molar-refractivity contribution in [2.24, 2.45) is 5.92 Å². The van der Waals surface area contributed by atoms with Gasteiger partial charge in [0.25, 0.3) is 5.91 Å². The van der Waals surface area contributed by atoms with Gasteiger partial charge in [-0.3, -0.25) is 4.79 Å². The third-order valence-electron chi connectivity index (χ3n) is 3.36. The van der Waals surface area contributed by atoms with Crippen LogP contribution >= 0.6 is 0 Å². The Kier molecular flexibility index (Phi) is 5.81. The molecule has 0 spiro atoms. The number of ether oxygens (including phenoxy) is 1. The zero-order valence-electron chi connectivity index (χ0n) is 13.3. The number of carbonyl (C=O) groups excluding carboxylic acids is 2. The van der Waals surface area contributed by atoms with Gasteiger partial charge in [-0.05, 0) is 32.8 Å². The molecule has 6 nitrogen and oxygen atoms in total. The second kappa shape index (κ2) is 7.15. The molecule has 1 unspecified atom stereocenters. The van der Waals surface area contributed by atoms with Crippen LogP contribution < -0.4 is 11.1 Å². The average molecular weight is 295 g/mol. The molecule has 1 atom stereocenters. The van der Waals surface area contributed by atoms with Gasteiger partial charge in [0.1, 0.15) is 5.69 Å². The van der Waals surface area contributed by atoms with Gasteiger partial charge in [-0.1, -0.05) is 13.8 Å². The van der Waals surface area contributed by atoms with Gasteiger partial charge in [-0.2, -0.15) is 0 Å². The molecule has 1 rings (SSSR count). The van der Waals surface area contributed by atoms with Crippen molar-refractivity contribution in [1.29, 1.82) is 0 Å². The highest BCUT2D eigenvalue weighted by atomic mass is 16.5. The standard InChI is InChI=1S/C15H25N3O3/c1-9(2)11(5)17-14(19)8-21-15(20)13-6-12(16)7-18(13)10(3)4/h6-7,9-11H,8,16H2,1-5H3,(H,17,19). The summed E-state index contributed by atoms with van der Waals surface area (Å²) in [6.45, 7) is 9.51. The SMILES string of the molecule is CC(C)C(C)NC(=O)COC(=O)c1cc(N)cn1C(C)C. The van der Waals surface area contributed by atoms with Crippen LogP contribution in [0.3, 0.4) is 0 Å². The number of anilines is 1. The second-order valence-electron chi connectivity index (χ2n) is 5.84. The van der Waals surface area contributed by atoms with Crippen molar-refractivity contribution in [2.75, 3.05) is 12.3 Å². The number of aromatic nitrogens is 1. The summed E-state index contributed by atoms with van der Waals surface area (Å²) in [6.07, 6.45) is 1.68. The Morgan fingerprint density at radius 1 is 1.29 bits per heavy atom. The molecule has 1 amide bonds. The minimum absolute atomic E-state index is 0.0337. The molecule has 3 N–H and O–H groups in total. The van der Waals surface area contributed by atoms with Crippen molar-refractivity contribution < 1.29 is 14.3 Å². The van der Waals surface area contributed by atoms with E-state index >= 15 is 0 Å². The van der Waals surface area contributed by atoms with Crippen LogP contribution in [0.5, 0.6) is 0 Å². The van der Waals surface area contributed by atoms with E-state index in [-0.39, 0.29) is 24.6 Å². The highest BCUT2D eigenvalue weighted by molar-refractivity contribution is 5.91. The summed E-state index contributed by atoms with van der Waals surface area (Å²) in [6, 6.07) is 1.67. The van der Waals surface area contributed by atoms with E-state index in [1.165, 1.54) is 0 Å². The van der Waals surface area contributed by atoms with Crippen molar-refractivity contribution in [1.82, 2.24) is 9.88 Å². The van der Waals surface area contributed by atoms with E-state index in [1.807, 2.05) is 34.6 Å². The number of rotatable bonds is 6. The normalized spacial score (nSPS) is 12.5. The molecule has 6 heteroatoms. The number of amides is 1. The molecule has 0 aliphatic carbocycles. The lowest BCUT2D eigenvalue weighted by atomic mass is 10.1. The molecule has 1 aromatic heterocycles. The first-order valence-corrected chi connectivity index (χ1v) is 7.16. The van der Waals surface area contributed by atoms with Crippen LogP contribution in [-0.2, 0) is 9.53 Å². The molecular weight excluding hydrogens is 270 g/mol. The first-order valence-electron chi connectivity index (χ1n) is 7.16. The number of carbonyl (C=O) groups is 2. The Balaban J connectivity index is 2.60. The van der Waals surface area contributed by atoms with E-state index < -0.39 is 5.97 Å². The van der Waals surface area contributed by atoms with E-state index in [4.69, 9.17) is 10.5 Å². The third-order valence-corrected chi connectivity index (χ3v) is 3.36. The fourth-order valence-electron chi connectivity index (χ4n) is 1.76. The monoisotopic (exact) mass is 295 g/mol. The summed E-state index contributed by atoms with van der Waals surface area (Å²) in [5.41, 5.74) is 6.55. The smallest absolute Gasteiger partial charge is 0.355 e. The van der Waals surface area contributed by atoms with Crippen LogP contribution in [0.1, 0.15) is 51.1 Å². The van der Waals surface area contributed by atoms with Crippen LogP contribution in [-0.4, -0.2) is 29.1 Å². The zero-order chi connectivity index (χ0) is 16.2. The predicted octanol–water partition coefficient (Wildman–Crippen LogP) is 1.97. The van der Waals surface area contributed by atoms with Crippen LogP contribution in [0, 0.1) is 5.92 Å². The largest absolute Gasteiger partial charge is 0.451 e. The number of hydrogen-bond donors (Lipinski definition) is 2. The van der Waals surface area contributed by atoms with Gasteiger partial charge in [0.15, 0.2) is 6.61 Å². The molecule has 1 aromatic rings. The van der Waals surface area contributed by atoms with E-state index in [1.54, 1.807) is 16.8 Å². The summed E-state index contributed by atoms with van der Waals surface area (Å²) >= 11 is 0. The van der Waals surface area contributed by atoms with E-state index in [9.17, 15) is 9.59 Å². The predicted molar refractivity (Wildman–Crippen MR) is 82.0 cm³/mol. The molecule has 0 radical (unpaired) electrons. The van der Waals surface area contributed by atoms with Crippen molar-refractivity contribution in [3.05, 3.63) is 18.0 Å². The number of esters is 1. The lowest BCUT2D eigenvalue weighted by Crippen LogP contribution is -2.38. The molecule has 0 saturated heterocycles. The molecule has 21 heavy (non-hydrogen) atoms. The highest BCUT2D eigenvalue weighted by Crippen LogP contribution is 2.17. The lowest BCUT2D eigenvalue weighted by Gasteiger charge is -2.17. The van der Waals surface area contributed by atoms with Gasteiger partial charge < -0.3 is 20.4 Å². The summed E-state index contributed by atoms with van der Waals surface area (Å²) in [7, 11) is 0. The maximum atomic E-state index is 12.0. The van der Waals surface area contributed by atoms with Crippen LogP contribution in [0.2, 0.25) is 0 Å². The van der Waals surface area contributed by atoms with Crippen molar-refractivity contribution in [2.45, 2.75) is 46.7 Å². The summed E-state index contributed by atoms with van der Waals surface area (Å²) < 4.78 is 6.78. The molecule has 0 aliphatic heterocycles. The zero-order valence-corrected chi connectivity index (χ0v) is 13.3. The van der Waals surface area contributed by atoms with Gasteiger partial charge in [0, 0.05) is 18.3 Å². The molecule has 1 heterocycles. The van der Waals surface area contributed by atoms with E-state index in [0.29, 0.717) is 17.3 Å². The fourth-order valence-corrected chi connectivity index (χ4v) is 1.76. The summed E-state index contributed by atoms with van der Waals surface area (Å²) in [5, 5.41) is 2.78. The van der Waals surface area contributed by atoms with E-state index in [0.717, 1.165) is 0 Å². The van der Waals surface area contributed by atoms with Crippen LogP contribution in [0.4, 0.5) is 5.69 Å². The quantitative estimate of drug-likeness (QED) is 0.786. The molecule has 0 bridgehead atoms. The summed E-state index contributed by atoms with van der Waals surface area (Å²) in [4.78, 5) is 23.7. The Hall–Kier alpha value is -1.98. The van der Waals surface area contributed by atoms with Gasteiger partial charge in [0.2, 0.25) is 0 Å². The van der Waals surface area contributed by atoms with Gasteiger partial charge in [0.05, 0.1) is 5.69 Å². The third kappa shape index (κ3) is 4.81. The van der Waals surface area contributed by atoms with Gasteiger partial charge in [-0.25, -0.2) is 4.79 Å². The van der Waals surface area contributed by atoms with Crippen LogP contribution in [0.15, 0.2) is 12.3 Å². The number of nitrogen functional groups attached to an aromatic ring is 1. The number of nitrogens with two attached hydrogens (primary N) is 1. The van der Waals surface area contributed by atoms with E-state index in [2.05, 4.69) is 5.32 Å². The Morgan fingerprint density at radius 3 is 2.43 bits per heavy atom. The average Bonchev–Trinajstić information content (AvgIpc) is 2.78. The van der Waals surface area contributed by atoms with Gasteiger partial charge in [-0.15, -0.1) is 0 Å². The number of nitrogens with zero attached hydrogens (tertiary/aromatic N) is 1. The maximum Gasteiger partial charge on any atom is 0.355 e. The van der Waals surface area contributed by atoms with Crippen molar-refractivity contribution in [3.8, 4) is 0 Å². The lowest BCUT2D eigenvalue weighted by molar-refractivity contribution is -0.125. The second-order valence-corrected chi connectivity index (χ2v) is 5.84. The Bertz CT molecular complexity index is 506. The van der Waals surface area contributed by atoms with Gasteiger partial charge >= 0.3 is 5.97 Å². The first-order chi connectivity index (χ1) is 9.72. The Morgan fingerprint density at radius 2 is 1.90 bits per heavy atom. The molecule has 0 saturated carbocycles. The van der Waals surface area contributed by atoms with Crippen molar-refractivity contribution in [3.63, 3.8) is 0 Å². The molecular formula is C15H25N3O3. The Labute approximate surface area is 125 Å². The fraction of sp³-hybridized carbons (Fsp3) is 0.600. The number of hydrogen-bond acceptors (Lipinski definition) is 4. The topological polar surface area (TPSA) is 86.3 Å². The van der Waals surface area contributed by atoms with Crippen LogP contribution in [0.25, 0.3) is 0 Å². The number of nitrogens with one attached hydrogen (secondary N) is 1. The summed E-state index contributed by atoms with van der Waals surface area (Å²) in [5.74, 6) is -0.532.